The van der Waals surface area contributed by atoms with Gasteiger partial charge in [-0.05, 0) is 40.8 Å². The van der Waals surface area contributed by atoms with Crippen molar-refractivity contribution in [3.8, 4) is 0 Å². The molecule has 1 unspecified atom stereocenters. The zero-order valence-electron chi connectivity index (χ0n) is 21.7. The Labute approximate surface area is 220 Å². The number of nitrogens with zero attached hydrogens (tertiary/aromatic N) is 1. The van der Waals surface area contributed by atoms with Crippen LogP contribution in [0.25, 0.3) is 16.7 Å². The number of ketones is 1. The number of hydrogen-bond donors (Lipinski definition) is 3. The molecule has 7 heteroatoms. The van der Waals surface area contributed by atoms with Crippen LogP contribution < -0.4 is 10.2 Å². The highest BCUT2D eigenvalue weighted by atomic mass is 16.3. The first-order valence-electron chi connectivity index (χ1n) is 12.4. The van der Waals surface area contributed by atoms with Crippen molar-refractivity contribution in [3.63, 3.8) is 0 Å². The van der Waals surface area contributed by atoms with Gasteiger partial charge in [0.15, 0.2) is 0 Å². The van der Waals surface area contributed by atoms with Gasteiger partial charge in [-0.25, -0.2) is 0 Å². The summed E-state index contributed by atoms with van der Waals surface area (Å²) < 4.78 is 0. The highest BCUT2D eigenvalue weighted by Gasteiger charge is 2.47. The van der Waals surface area contributed by atoms with E-state index in [1.807, 2.05) is 48.5 Å². The lowest BCUT2D eigenvalue weighted by Crippen LogP contribution is -2.29. The van der Waals surface area contributed by atoms with E-state index in [0.29, 0.717) is 22.5 Å². The maximum absolute atomic E-state index is 13.5. The molecule has 0 saturated carbocycles. The summed E-state index contributed by atoms with van der Waals surface area (Å²) in [4.78, 5) is 43.2. The molecule has 4 aromatic rings. The predicted molar refractivity (Wildman–Crippen MR) is 149 cm³/mol. The molecule has 1 atom stereocenters. The van der Waals surface area contributed by atoms with E-state index < -0.39 is 17.7 Å². The molecule has 0 radical (unpaired) electrons. The number of hydrogen-bond acceptors (Lipinski definition) is 4. The van der Waals surface area contributed by atoms with E-state index in [0.717, 1.165) is 16.5 Å². The van der Waals surface area contributed by atoms with Crippen LogP contribution in [0.3, 0.4) is 0 Å². The van der Waals surface area contributed by atoms with E-state index in [2.05, 4.69) is 31.1 Å². The van der Waals surface area contributed by atoms with E-state index in [1.165, 1.54) is 11.8 Å². The number of nitrogens with one attached hydrogen (secondary N) is 2. The normalized spacial score (nSPS) is 17.3. The minimum absolute atomic E-state index is 0.00759. The maximum atomic E-state index is 13.5. The minimum atomic E-state index is -0.870. The molecule has 1 aliphatic heterocycles. The van der Waals surface area contributed by atoms with Gasteiger partial charge in [-0.2, -0.15) is 0 Å². The quantitative estimate of drug-likeness (QED) is 0.178. The van der Waals surface area contributed by atoms with Crippen molar-refractivity contribution >= 4 is 45.6 Å². The van der Waals surface area contributed by atoms with Crippen molar-refractivity contribution in [2.45, 2.75) is 39.2 Å². The number of H-pyrrole nitrogens is 1. The number of carbonyl (C=O) groups is 3. The topological polar surface area (TPSA) is 102 Å². The number of benzene rings is 3. The molecule has 2 amide bonds. The summed E-state index contributed by atoms with van der Waals surface area (Å²) >= 11 is 0. The van der Waals surface area contributed by atoms with Crippen LogP contribution in [0.15, 0.2) is 84.6 Å². The molecular weight excluding hydrogens is 478 g/mol. The van der Waals surface area contributed by atoms with Gasteiger partial charge in [0, 0.05) is 41.0 Å². The van der Waals surface area contributed by atoms with E-state index in [-0.39, 0.29) is 22.7 Å². The Morgan fingerprint density at radius 2 is 1.68 bits per heavy atom. The highest BCUT2D eigenvalue weighted by molar-refractivity contribution is 6.51. The molecule has 1 aliphatic rings. The van der Waals surface area contributed by atoms with Gasteiger partial charge in [-0.1, -0.05) is 69.3 Å². The number of aliphatic hydroxyl groups is 1. The van der Waals surface area contributed by atoms with Crippen molar-refractivity contribution in [2.75, 3.05) is 10.2 Å². The number of carbonyl (C=O) groups excluding carboxylic acids is 3. The lowest BCUT2D eigenvalue weighted by molar-refractivity contribution is -0.132. The number of anilines is 2. The maximum Gasteiger partial charge on any atom is 0.300 e. The second-order valence-corrected chi connectivity index (χ2v) is 10.5. The molecule has 1 aromatic heterocycles. The molecule has 2 heterocycles. The van der Waals surface area contributed by atoms with Gasteiger partial charge in [0.1, 0.15) is 5.76 Å². The third kappa shape index (κ3) is 4.36. The van der Waals surface area contributed by atoms with Gasteiger partial charge < -0.3 is 15.4 Å². The van der Waals surface area contributed by atoms with Crippen LogP contribution in [0.4, 0.5) is 11.4 Å². The van der Waals surface area contributed by atoms with Crippen LogP contribution in [-0.4, -0.2) is 27.7 Å². The van der Waals surface area contributed by atoms with E-state index in [9.17, 15) is 19.5 Å². The Hall–Kier alpha value is -4.65. The van der Waals surface area contributed by atoms with Crippen LogP contribution in [0, 0.1) is 0 Å². The van der Waals surface area contributed by atoms with Crippen LogP contribution >= 0.6 is 0 Å². The Morgan fingerprint density at radius 3 is 2.37 bits per heavy atom. The van der Waals surface area contributed by atoms with Crippen LogP contribution in [-0.2, 0) is 19.8 Å². The fourth-order valence-corrected chi connectivity index (χ4v) is 4.93. The number of aliphatic hydroxyl groups excluding tert-OH is 1. The molecule has 1 fully saturated rings. The summed E-state index contributed by atoms with van der Waals surface area (Å²) in [6.07, 6.45) is 1.64. The molecule has 0 bridgehead atoms. The molecular formula is C31H29N3O4. The Kier molecular flexibility index (Phi) is 6.15. The number of aromatic nitrogens is 1. The average molecular weight is 508 g/mol. The van der Waals surface area contributed by atoms with Gasteiger partial charge in [0.2, 0.25) is 5.91 Å². The van der Waals surface area contributed by atoms with E-state index >= 15 is 0 Å². The molecule has 5 rings (SSSR count). The summed E-state index contributed by atoms with van der Waals surface area (Å²) in [5, 5.41) is 15.0. The molecule has 3 N–H and O–H groups in total. The molecule has 38 heavy (non-hydrogen) atoms. The van der Waals surface area contributed by atoms with E-state index in [4.69, 9.17) is 0 Å². The Bertz CT molecular complexity index is 1610. The molecule has 1 saturated heterocycles. The zero-order valence-corrected chi connectivity index (χ0v) is 21.7. The first kappa shape index (κ1) is 25.0. The fourth-order valence-electron chi connectivity index (χ4n) is 4.93. The van der Waals surface area contributed by atoms with Crippen LogP contribution in [0.1, 0.15) is 50.4 Å². The molecule has 192 valence electrons. The van der Waals surface area contributed by atoms with Gasteiger partial charge in [-0.3, -0.25) is 19.3 Å². The second kappa shape index (κ2) is 9.34. The largest absolute Gasteiger partial charge is 0.507 e. The van der Waals surface area contributed by atoms with Crippen LogP contribution in [0.5, 0.6) is 0 Å². The lowest BCUT2D eigenvalue weighted by atomic mass is 9.85. The van der Waals surface area contributed by atoms with Gasteiger partial charge in [0.25, 0.3) is 11.7 Å². The van der Waals surface area contributed by atoms with Gasteiger partial charge >= 0.3 is 0 Å². The summed E-state index contributed by atoms with van der Waals surface area (Å²) in [5.41, 5.74) is 3.88. The number of aromatic amines is 1. The monoisotopic (exact) mass is 507 g/mol. The van der Waals surface area contributed by atoms with Crippen molar-refractivity contribution < 1.29 is 19.5 Å². The first-order chi connectivity index (χ1) is 18.1. The van der Waals surface area contributed by atoms with Crippen molar-refractivity contribution in [2.24, 2.45) is 0 Å². The van der Waals surface area contributed by atoms with E-state index in [1.54, 1.807) is 30.5 Å². The minimum Gasteiger partial charge on any atom is -0.507 e. The third-order valence-electron chi connectivity index (χ3n) is 6.83. The summed E-state index contributed by atoms with van der Waals surface area (Å²) in [6, 6.07) is 21.1. The van der Waals surface area contributed by atoms with Gasteiger partial charge in [-0.15, -0.1) is 0 Å². The third-order valence-corrected chi connectivity index (χ3v) is 6.83. The standard InChI is InChI=1S/C31H29N3O4/c1-18(35)33-21-8-7-9-22(16-21)34-27(19-12-14-20(15-13-19)31(2,3)4)26(29(37)30(34)38)28(36)24-17-32-25-11-6-5-10-23(24)25/h5-17,27,32,36H,1-4H3,(H,33,35)/b28-26-. The number of para-hydroxylation sites is 1. The summed E-state index contributed by atoms with van der Waals surface area (Å²) in [7, 11) is 0. The number of fused-ring (bicyclic) bond motifs is 1. The highest BCUT2D eigenvalue weighted by Crippen LogP contribution is 2.43. The van der Waals surface area contributed by atoms with Crippen molar-refractivity contribution in [3.05, 3.63) is 101 Å². The second-order valence-electron chi connectivity index (χ2n) is 10.5. The number of amides is 2. The average Bonchev–Trinajstić information content (AvgIpc) is 3.42. The molecule has 3 aromatic carbocycles. The fraction of sp³-hybridized carbons (Fsp3) is 0.194. The molecule has 7 nitrogen and oxygen atoms in total. The number of rotatable bonds is 4. The van der Waals surface area contributed by atoms with Crippen molar-refractivity contribution in [1.82, 2.24) is 4.98 Å². The summed E-state index contributed by atoms with van der Waals surface area (Å²) in [5.74, 6) is -2.03. The zero-order chi connectivity index (χ0) is 27.2. The molecule has 0 aliphatic carbocycles. The summed E-state index contributed by atoms with van der Waals surface area (Å²) in [6.45, 7) is 7.73. The lowest BCUT2D eigenvalue weighted by Gasteiger charge is -2.27. The van der Waals surface area contributed by atoms with Crippen molar-refractivity contribution in [1.29, 1.82) is 0 Å². The smallest absolute Gasteiger partial charge is 0.300 e. The first-order valence-corrected chi connectivity index (χ1v) is 12.4. The molecule has 0 spiro atoms. The Morgan fingerprint density at radius 1 is 0.974 bits per heavy atom. The van der Waals surface area contributed by atoms with Crippen LogP contribution in [0.2, 0.25) is 0 Å². The number of Topliss-reactive ketones (excluding diaryl/α,β-unsaturated/α-hetero) is 1. The van der Waals surface area contributed by atoms with Gasteiger partial charge in [0.05, 0.1) is 11.6 Å². The SMILES string of the molecule is CC(=O)Nc1cccc(N2C(=O)C(=O)/C(=C(\O)c3c[nH]c4ccccc34)C2c2ccc(C(C)(C)C)cc2)c1. The predicted octanol–water partition coefficient (Wildman–Crippen LogP) is 6.05. The Balaban J connectivity index is 1.72.